The fraction of sp³-hybridized carbons (Fsp3) is 0.188. The normalized spacial score (nSPS) is 11.9. The van der Waals surface area contributed by atoms with Gasteiger partial charge in [0.2, 0.25) is 0 Å². The van der Waals surface area contributed by atoms with Crippen LogP contribution in [-0.4, -0.2) is 23.7 Å². The molecule has 2 aromatic carbocycles. The van der Waals surface area contributed by atoms with Crippen LogP contribution < -0.4 is 11.1 Å². The lowest BCUT2D eigenvalue weighted by molar-refractivity contribution is 0.0916. The van der Waals surface area contributed by atoms with Gasteiger partial charge in [-0.25, -0.2) is 0 Å². The molecular formula is C16H17ClN2O2. The van der Waals surface area contributed by atoms with Crippen LogP contribution in [0.4, 0.5) is 5.69 Å². The fourth-order valence-corrected chi connectivity index (χ4v) is 2.18. The van der Waals surface area contributed by atoms with E-state index >= 15 is 0 Å². The Morgan fingerprint density at radius 2 is 1.95 bits per heavy atom. The smallest absolute Gasteiger partial charge is 0.251 e. The van der Waals surface area contributed by atoms with E-state index in [0.717, 1.165) is 5.56 Å². The first-order valence-electron chi connectivity index (χ1n) is 6.61. The summed E-state index contributed by atoms with van der Waals surface area (Å²) in [5.74, 6) is -0.285. The molecular weight excluding hydrogens is 288 g/mol. The largest absolute Gasteiger partial charge is 0.398 e. The van der Waals surface area contributed by atoms with Crippen LogP contribution in [0.2, 0.25) is 5.02 Å². The molecule has 1 atom stereocenters. The molecule has 4 N–H and O–H groups in total. The third kappa shape index (κ3) is 4.21. The maximum absolute atomic E-state index is 12.1. The topological polar surface area (TPSA) is 75.4 Å². The fourth-order valence-electron chi connectivity index (χ4n) is 2.00. The predicted octanol–water partition coefficient (Wildman–Crippen LogP) is 2.26. The van der Waals surface area contributed by atoms with Crippen LogP contribution in [-0.2, 0) is 6.42 Å². The van der Waals surface area contributed by atoms with Gasteiger partial charge in [0.25, 0.3) is 5.91 Å². The van der Waals surface area contributed by atoms with Gasteiger partial charge in [0.15, 0.2) is 0 Å². The molecule has 2 rings (SSSR count). The Labute approximate surface area is 128 Å². The number of rotatable bonds is 5. The Morgan fingerprint density at radius 1 is 1.24 bits per heavy atom. The maximum atomic E-state index is 12.1. The molecule has 0 aliphatic rings. The van der Waals surface area contributed by atoms with E-state index in [2.05, 4.69) is 5.32 Å². The highest BCUT2D eigenvalue weighted by Gasteiger charge is 2.14. The van der Waals surface area contributed by atoms with Crippen LogP contribution >= 0.6 is 11.6 Å². The zero-order valence-electron chi connectivity index (χ0n) is 11.4. The van der Waals surface area contributed by atoms with Gasteiger partial charge in [-0.05, 0) is 30.2 Å². The lowest BCUT2D eigenvalue weighted by Crippen LogP contribution is -2.39. The van der Waals surface area contributed by atoms with Crippen molar-refractivity contribution in [3.8, 4) is 0 Å². The SMILES string of the molecule is Nc1ccc(C(=O)NC(CO)Cc2ccccc2)cc1Cl. The molecule has 0 heterocycles. The van der Waals surface area contributed by atoms with Crippen LogP contribution in [0.5, 0.6) is 0 Å². The van der Waals surface area contributed by atoms with Crippen molar-refractivity contribution in [2.45, 2.75) is 12.5 Å². The van der Waals surface area contributed by atoms with Crippen molar-refractivity contribution in [2.75, 3.05) is 12.3 Å². The zero-order valence-corrected chi connectivity index (χ0v) is 12.2. The molecule has 0 radical (unpaired) electrons. The molecule has 110 valence electrons. The average Bonchev–Trinajstić information content (AvgIpc) is 2.50. The third-order valence-corrected chi connectivity index (χ3v) is 3.47. The molecule has 0 bridgehead atoms. The molecule has 21 heavy (non-hydrogen) atoms. The van der Waals surface area contributed by atoms with Crippen molar-refractivity contribution in [1.82, 2.24) is 5.32 Å². The van der Waals surface area contributed by atoms with E-state index in [0.29, 0.717) is 22.7 Å². The van der Waals surface area contributed by atoms with Gasteiger partial charge in [0.05, 0.1) is 23.4 Å². The summed E-state index contributed by atoms with van der Waals surface area (Å²) in [6, 6.07) is 14.0. The Balaban J connectivity index is 2.04. The van der Waals surface area contributed by atoms with E-state index in [-0.39, 0.29) is 18.6 Å². The minimum absolute atomic E-state index is 0.136. The van der Waals surface area contributed by atoms with Gasteiger partial charge >= 0.3 is 0 Å². The van der Waals surface area contributed by atoms with E-state index in [1.54, 1.807) is 12.1 Å². The summed E-state index contributed by atoms with van der Waals surface area (Å²) in [5.41, 5.74) is 7.51. The number of nitrogens with two attached hydrogens (primary N) is 1. The second-order valence-electron chi connectivity index (χ2n) is 4.78. The van der Waals surface area contributed by atoms with Gasteiger partial charge in [0, 0.05) is 5.56 Å². The Kier molecular flexibility index (Phi) is 5.20. The minimum atomic E-state index is -0.351. The number of anilines is 1. The second-order valence-corrected chi connectivity index (χ2v) is 5.19. The van der Waals surface area contributed by atoms with Crippen LogP contribution in [0.3, 0.4) is 0 Å². The highest BCUT2D eigenvalue weighted by molar-refractivity contribution is 6.33. The first-order valence-corrected chi connectivity index (χ1v) is 6.98. The molecule has 5 heteroatoms. The monoisotopic (exact) mass is 304 g/mol. The molecule has 0 spiro atoms. The number of carbonyl (C=O) groups excluding carboxylic acids is 1. The van der Waals surface area contributed by atoms with Crippen molar-refractivity contribution in [1.29, 1.82) is 0 Å². The van der Waals surface area contributed by atoms with Crippen molar-refractivity contribution in [3.05, 3.63) is 64.7 Å². The number of nitrogens with one attached hydrogen (secondary N) is 1. The molecule has 0 fully saturated rings. The number of aliphatic hydroxyl groups excluding tert-OH is 1. The van der Waals surface area contributed by atoms with Crippen LogP contribution in [0, 0.1) is 0 Å². The van der Waals surface area contributed by atoms with E-state index in [4.69, 9.17) is 17.3 Å². The van der Waals surface area contributed by atoms with Gasteiger partial charge in [-0.1, -0.05) is 41.9 Å². The molecule has 0 saturated heterocycles. The number of amides is 1. The van der Waals surface area contributed by atoms with E-state index in [1.165, 1.54) is 6.07 Å². The molecule has 1 unspecified atom stereocenters. The van der Waals surface area contributed by atoms with Gasteiger partial charge in [-0.2, -0.15) is 0 Å². The summed E-state index contributed by atoms with van der Waals surface area (Å²) in [6.07, 6.45) is 0.561. The van der Waals surface area contributed by atoms with E-state index in [9.17, 15) is 9.90 Å². The highest BCUT2D eigenvalue weighted by Crippen LogP contribution is 2.19. The maximum Gasteiger partial charge on any atom is 0.251 e. The molecule has 0 aliphatic heterocycles. The quantitative estimate of drug-likeness (QED) is 0.742. The Hall–Kier alpha value is -2.04. The summed E-state index contributed by atoms with van der Waals surface area (Å²) in [7, 11) is 0. The summed E-state index contributed by atoms with van der Waals surface area (Å²) >= 11 is 5.90. The number of benzene rings is 2. The minimum Gasteiger partial charge on any atom is -0.398 e. The average molecular weight is 305 g/mol. The molecule has 0 aromatic heterocycles. The van der Waals surface area contributed by atoms with Gasteiger partial charge < -0.3 is 16.2 Å². The predicted molar refractivity (Wildman–Crippen MR) is 84.4 cm³/mol. The molecule has 0 saturated carbocycles. The first-order chi connectivity index (χ1) is 10.1. The number of hydrogen-bond acceptors (Lipinski definition) is 3. The van der Waals surface area contributed by atoms with Gasteiger partial charge in [0.1, 0.15) is 0 Å². The van der Waals surface area contributed by atoms with E-state index in [1.807, 2.05) is 30.3 Å². The molecule has 4 nitrogen and oxygen atoms in total. The lowest BCUT2D eigenvalue weighted by Gasteiger charge is -2.16. The number of halogens is 1. The molecule has 2 aromatic rings. The van der Waals surface area contributed by atoms with Crippen molar-refractivity contribution < 1.29 is 9.90 Å². The van der Waals surface area contributed by atoms with Crippen molar-refractivity contribution in [2.24, 2.45) is 0 Å². The van der Waals surface area contributed by atoms with Gasteiger partial charge in [-0.3, -0.25) is 4.79 Å². The molecule has 1 amide bonds. The van der Waals surface area contributed by atoms with Crippen LogP contribution in [0.15, 0.2) is 48.5 Å². The standard InChI is InChI=1S/C16H17ClN2O2/c17-14-9-12(6-7-15(14)18)16(21)19-13(10-20)8-11-4-2-1-3-5-11/h1-7,9,13,20H,8,10,18H2,(H,19,21). The zero-order chi connectivity index (χ0) is 15.2. The third-order valence-electron chi connectivity index (χ3n) is 3.14. The lowest BCUT2D eigenvalue weighted by atomic mass is 10.1. The van der Waals surface area contributed by atoms with E-state index < -0.39 is 0 Å². The summed E-state index contributed by atoms with van der Waals surface area (Å²) in [6.45, 7) is -0.136. The first kappa shape index (κ1) is 15.4. The number of nitrogen functional groups attached to an aromatic ring is 1. The van der Waals surface area contributed by atoms with Crippen molar-refractivity contribution >= 4 is 23.2 Å². The number of aliphatic hydroxyl groups is 1. The number of hydrogen-bond donors (Lipinski definition) is 3. The highest BCUT2D eigenvalue weighted by atomic mass is 35.5. The number of carbonyl (C=O) groups is 1. The van der Waals surface area contributed by atoms with Crippen LogP contribution in [0.1, 0.15) is 15.9 Å². The van der Waals surface area contributed by atoms with Gasteiger partial charge in [-0.15, -0.1) is 0 Å². The second kappa shape index (κ2) is 7.11. The summed E-state index contributed by atoms with van der Waals surface area (Å²) < 4.78 is 0. The van der Waals surface area contributed by atoms with Crippen LogP contribution in [0.25, 0.3) is 0 Å². The Bertz CT molecular complexity index is 617. The Morgan fingerprint density at radius 3 is 2.57 bits per heavy atom. The molecule has 0 aliphatic carbocycles. The van der Waals surface area contributed by atoms with Crippen molar-refractivity contribution in [3.63, 3.8) is 0 Å². The summed E-state index contributed by atoms with van der Waals surface area (Å²) in [5, 5.41) is 12.5. The summed E-state index contributed by atoms with van der Waals surface area (Å²) in [4.78, 5) is 12.1.